The summed E-state index contributed by atoms with van der Waals surface area (Å²) in [5.41, 5.74) is 0. The second-order valence-electron chi connectivity index (χ2n) is 2.34. The molecule has 2 aromatic heterocycles. The Balaban J connectivity index is 2.28. The number of tetrazole rings is 1. The van der Waals surface area contributed by atoms with Gasteiger partial charge in [-0.1, -0.05) is 0 Å². The molecule has 0 radical (unpaired) electrons. The molecule has 0 aliphatic rings. The average Bonchev–Trinajstić information content (AvgIpc) is 2.50. The van der Waals surface area contributed by atoms with Crippen LogP contribution in [0.25, 0.3) is 0 Å². The summed E-state index contributed by atoms with van der Waals surface area (Å²) >= 11 is 12.4. The molecule has 78 valence electrons. The highest BCUT2D eigenvalue weighted by Crippen LogP contribution is 2.22. The zero-order chi connectivity index (χ0) is 10.8. The number of halogens is 2. The van der Waals surface area contributed by atoms with Gasteiger partial charge in [0.25, 0.3) is 0 Å². The monoisotopic (exact) mass is 263 g/mol. The topological polar surface area (TPSA) is 82.3 Å². The molecule has 15 heavy (non-hydrogen) atoms. The van der Waals surface area contributed by atoms with E-state index in [-0.39, 0.29) is 10.6 Å². The summed E-state index contributed by atoms with van der Waals surface area (Å²) in [4.78, 5) is 11.3. The standard InChI is InChI=1S/C5H3Cl2N7S/c1-14-5(11-12-13-14)15-4-9-2(6)8-3(7)10-4/h1H3. The van der Waals surface area contributed by atoms with Gasteiger partial charge < -0.3 is 0 Å². The Labute approximate surface area is 98.2 Å². The Hall–Kier alpha value is -0.990. The van der Waals surface area contributed by atoms with Crippen molar-refractivity contribution in [2.24, 2.45) is 7.05 Å². The lowest BCUT2D eigenvalue weighted by Crippen LogP contribution is -1.96. The van der Waals surface area contributed by atoms with Crippen LogP contribution in [0, 0.1) is 0 Å². The van der Waals surface area contributed by atoms with Gasteiger partial charge in [-0.3, -0.25) is 0 Å². The quantitative estimate of drug-likeness (QED) is 0.795. The van der Waals surface area contributed by atoms with Crippen LogP contribution in [0.2, 0.25) is 10.6 Å². The van der Waals surface area contributed by atoms with Gasteiger partial charge in [0.05, 0.1) is 0 Å². The lowest BCUT2D eigenvalue weighted by Gasteiger charge is -1.98. The average molecular weight is 264 g/mol. The van der Waals surface area contributed by atoms with Gasteiger partial charge in [0, 0.05) is 7.05 Å². The predicted octanol–water partition coefficient (Wildman–Crippen LogP) is 0.853. The largest absolute Gasteiger partial charge is 0.227 e. The van der Waals surface area contributed by atoms with Gasteiger partial charge in [0.1, 0.15) is 0 Å². The Morgan fingerprint density at radius 3 is 2.33 bits per heavy atom. The molecule has 0 amide bonds. The fourth-order valence-electron chi connectivity index (χ4n) is 0.744. The molecule has 0 unspecified atom stereocenters. The first kappa shape index (κ1) is 10.5. The van der Waals surface area contributed by atoms with Gasteiger partial charge >= 0.3 is 0 Å². The summed E-state index contributed by atoms with van der Waals surface area (Å²) < 4.78 is 1.48. The Morgan fingerprint density at radius 2 is 1.80 bits per heavy atom. The number of rotatable bonds is 2. The second-order valence-corrected chi connectivity index (χ2v) is 3.95. The molecule has 0 saturated heterocycles. The van der Waals surface area contributed by atoms with Crippen molar-refractivity contribution >= 4 is 35.0 Å². The first-order valence-corrected chi connectivity index (χ1v) is 5.19. The van der Waals surface area contributed by atoms with E-state index in [0.29, 0.717) is 10.3 Å². The van der Waals surface area contributed by atoms with Gasteiger partial charge in [-0.05, 0) is 45.4 Å². The maximum absolute atomic E-state index is 5.61. The molecule has 0 atom stereocenters. The third-order valence-electron chi connectivity index (χ3n) is 1.32. The lowest BCUT2D eigenvalue weighted by molar-refractivity contribution is 0.663. The minimum atomic E-state index is 0.0348. The normalized spacial score (nSPS) is 10.6. The van der Waals surface area contributed by atoms with Crippen molar-refractivity contribution in [3.05, 3.63) is 10.6 Å². The summed E-state index contributed by atoms with van der Waals surface area (Å²) in [5, 5.41) is 11.8. The molecule has 0 spiro atoms. The third kappa shape index (κ3) is 2.52. The smallest absolute Gasteiger partial charge is 0.223 e. The fourth-order valence-corrected chi connectivity index (χ4v) is 1.88. The van der Waals surface area contributed by atoms with E-state index in [4.69, 9.17) is 23.2 Å². The van der Waals surface area contributed by atoms with Gasteiger partial charge in [0.15, 0.2) is 0 Å². The minimum Gasteiger partial charge on any atom is -0.223 e. The minimum absolute atomic E-state index is 0.0348. The van der Waals surface area contributed by atoms with Crippen molar-refractivity contribution in [2.75, 3.05) is 0 Å². The molecule has 0 N–H and O–H groups in total. The summed E-state index contributed by atoms with van der Waals surface area (Å²) in [7, 11) is 1.70. The summed E-state index contributed by atoms with van der Waals surface area (Å²) in [6.45, 7) is 0. The molecule has 0 fully saturated rings. The molecule has 0 aromatic carbocycles. The molecule has 0 aliphatic heterocycles. The Morgan fingerprint density at radius 1 is 1.13 bits per heavy atom. The molecular weight excluding hydrogens is 261 g/mol. The molecule has 2 rings (SSSR count). The Kier molecular flexibility index (Phi) is 2.98. The highest BCUT2D eigenvalue weighted by Gasteiger charge is 2.09. The Bertz CT molecular complexity index is 466. The maximum Gasteiger partial charge on any atom is 0.227 e. The van der Waals surface area contributed by atoms with E-state index in [1.54, 1.807) is 7.05 Å². The molecule has 2 aromatic rings. The maximum atomic E-state index is 5.61. The highest BCUT2D eigenvalue weighted by molar-refractivity contribution is 7.99. The van der Waals surface area contributed by atoms with E-state index in [1.807, 2.05) is 0 Å². The van der Waals surface area contributed by atoms with Gasteiger partial charge in [-0.2, -0.15) is 15.0 Å². The molecular formula is C5H3Cl2N7S. The molecule has 7 nitrogen and oxygen atoms in total. The van der Waals surface area contributed by atoms with E-state index < -0.39 is 0 Å². The molecule has 0 aliphatic carbocycles. The summed E-state index contributed by atoms with van der Waals surface area (Å²) in [6.07, 6.45) is 0. The number of nitrogens with zero attached hydrogens (tertiary/aromatic N) is 7. The van der Waals surface area contributed by atoms with E-state index >= 15 is 0 Å². The predicted molar refractivity (Wildman–Crippen MR) is 52.8 cm³/mol. The number of hydrogen-bond acceptors (Lipinski definition) is 7. The van der Waals surface area contributed by atoms with Gasteiger partial charge in [-0.25, -0.2) is 4.68 Å². The zero-order valence-electron chi connectivity index (χ0n) is 7.29. The zero-order valence-corrected chi connectivity index (χ0v) is 9.62. The number of hydrogen-bond donors (Lipinski definition) is 0. The van der Waals surface area contributed by atoms with Crippen molar-refractivity contribution in [2.45, 2.75) is 10.3 Å². The lowest BCUT2D eigenvalue weighted by atomic mass is 11.1. The summed E-state index contributed by atoms with van der Waals surface area (Å²) in [5.74, 6) is 0. The van der Waals surface area contributed by atoms with Crippen LogP contribution in [-0.2, 0) is 7.05 Å². The van der Waals surface area contributed by atoms with Crippen molar-refractivity contribution in [1.82, 2.24) is 35.2 Å². The van der Waals surface area contributed by atoms with Crippen LogP contribution in [0.5, 0.6) is 0 Å². The van der Waals surface area contributed by atoms with Crippen LogP contribution in [0.1, 0.15) is 0 Å². The number of aromatic nitrogens is 7. The third-order valence-corrected chi connectivity index (χ3v) is 2.56. The van der Waals surface area contributed by atoms with Crippen molar-refractivity contribution < 1.29 is 0 Å². The fraction of sp³-hybridized carbons (Fsp3) is 0.200. The summed E-state index contributed by atoms with van der Waals surface area (Å²) in [6, 6.07) is 0. The van der Waals surface area contributed by atoms with Crippen LogP contribution in [0.3, 0.4) is 0 Å². The number of aryl methyl sites for hydroxylation is 1. The van der Waals surface area contributed by atoms with Crippen molar-refractivity contribution in [3.8, 4) is 0 Å². The van der Waals surface area contributed by atoms with Crippen molar-refractivity contribution in [3.63, 3.8) is 0 Å². The van der Waals surface area contributed by atoms with E-state index in [0.717, 1.165) is 11.8 Å². The van der Waals surface area contributed by atoms with Crippen molar-refractivity contribution in [1.29, 1.82) is 0 Å². The van der Waals surface area contributed by atoms with Crippen LogP contribution in [0.4, 0.5) is 0 Å². The van der Waals surface area contributed by atoms with Gasteiger partial charge in [-0.15, -0.1) is 5.10 Å². The molecule has 0 saturated carbocycles. The van der Waals surface area contributed by atoms with E-state index in [2.05, 4.69) is 30.5 Å². The van der Waals surface area contributed by atoms with E-state index in [1.165, 1.54) is 4.68 Å². The first-order chi connectivity index (χ1) is 7.15. The SMILES string of the molecule is Cn1nnnc1Sc1nc(Cl)nc(Cl)n1. The van der Waals surface area contributed by atoms with Gasteiger partial charge in [0.2, 0.25) is 20.9 Å². The highest BCUT2D eigenvalue weighted by atomic mass is 35.5. The molecule has 0 bridgehead atoms. The first-order valence-electron chi connectivity index (χ1n) is 3.62. The van der Waals surface area contributed by atoms with E-state index in [9.17, 15) is 0 Å². The van der Waals surface area contributed by atoms with Crippen LogP contribution >= 0.6 is 35.0 Å². The van der Waals surface area contributed by atoms with Crippen LogP contribution < -0.4 is 0 Å². The molecule has 2 heterocycles. The van der Waals surface area contributed by atoms with Crippen LogP contribution in [-0.4, -0.2) is 35.2 Å². The van der Waals surface area contributed by atoms with Crippen LogP contribution in [0.15, 0.2) is 10.3 Å². The second kappa shape index (κ2) is 4.25. The molecule has 10 heteroatoms.